The maximum Gasteiger partial charge on any atom is 0.271 e. The van der Waals surface area contributed by atoms with E-state index in [0.717, 1.165) is 37.1 Å². The van der Waals surface area contributed by atoms with E-state index < -0.39 is 4.92 Å². The van der Waals surface area contributed by atoms with Crippen molar-refractivity contribution in [2.24, 2.45) is 0 Å². The molecule has 0 radical (unpaired) electrons. The lowest BCUT2D eigenvalue weighted by Gasteiger charge is -2.20. The summed E-state index contributed by atoms with van der Waals surface area (Å²) in [5.41, 5.74) is 3.06. The SMILES string of the molecule is Cc1ccc([N+](=O)[O-])cc1NC(=O)CNc1cccc(C)c1C(=O)N1CCCC1. The number of aryl methyl sites for hydroxylation is 2. The standard InChI is InChI=1S/C21H24N4O4/c1-14-8-9-16(25(28)29)12-18(14)23-19(26)13-22-17-7-5-6-15(2)20(17)21(27)24-10-3-4-11-24/h5-9,12,22H,3-4,10-11,13H2,1-2H3,(H,23,26). The molecule has 2 aromatic carbocycles. The van der Waals surface area contributed by atoms with Gasteiger partial charge in [-0.15, -0.1) is 0 Å². The van der Waals surface area contributed by atoms with Gasteiger partial charge < -0.3 is 15.5 Å². The Kier molecular flexibility index (Phi) is 6.11. The maximum absolute atomic E-state index is 12.9. The van der Waals surface area contributed by atoms with Crippen LogP contribution in [0.3, 0.4) is 0 Å². The summed E-state index contributed by atoms with van der Waals surface area (Å²) in [6, 6.07) is 9.81. The van der Waals surface area contributed by atoms with Gasteiger partial charge in [-0.25, -0.2) is 0 Å². The molecular formula is C21H24N4O4. The number of hydrogen-bond donors (Lipinski definition) is 2. The van der Waals surface area contributed by atoms with E-state index in [2.05, 4.69) is 10.6 Å². The molecule has 0 unspecified atom stereocenters. The molecule has 0 aliphatic carbocycles. The second-order valence-corrected chi connectivity index (χ2v) is 7.15. The van der Waals surface area contributed by atoms with Gasteiger partial charge in [0.05, 0.1) is 22.7 Å². The predicted molar refractivity (Wildman–Crippen MR) is 111 cm³/mol. The van der Waals surface area contributed by atoms with Crippen molar-refractivity contribution in [2.45, 2.75) is 26.7 Å². The van der Waals surface area contributed by atoms with Crippen molar-refractivity contribution < 1.29 is 14.5 Å². The molecule has 29 heavy (non-hydrogen) atoms. The molecular weight excluding hydrogens is 372 g/mol. The summed E-state index contributed by atoms with van der Waals surface area (Å²) < 4.78 is 0. The highest BCUT2D eigenvalue weighted by molar-refractivity contribution is 6.02. The highest BCUT2D eigenvalue weighted by Crippen LogP contribution is 2.24. The average Bonchev–Trinajstić information content (AvgIpc) is 3.22. The number of non-ortho nitro benzene ring substituents is 1. The van der Waals surface area contributed by atoms with Crippen LogP contribution < -0.4 is 10.6 Å². The van der Waals surface area contributed by atoms with Gasteiger partial charge in [0.25, 0.3) is 11.6 Å². The molecule has 2 amide bonds. The average molecular weight is 396 g/mol. The third-order valence-corrected chi connectivity index (χ3v) is 5.03. The summed E-state index contributed by atoms with van der Waals surface area (Å²) in [7, 11) is 0. The van der Waals surface area contributed by atoms with Gasteiger partial charge in [0, 0.05) is 30.9 Å². The molecule has 2 N–H and O–H groups in total. The van der Waals surface area contributed by atoms with Crippen LogP contribution in [-0.2, 0) is 4.79 Å². The van der Waals surface area contributed by atoms with Crippen LogP contribution in [0, 0.1) is 24.0 Å². The van der Waals surface area contributed by atoms with E-state index in [1.165, 1.54) is 12.1 Å². The van der Waals surface area contributed by atoms with Crippen LogP contribution in [0.5, 0.6) is 0 Å². The fourth-order valence-corrected chi connectivity index (χ4v) is 3.41. The minimum absolute atomic E-state index is 0.0296. The smallest absolute Gasteiger partial charge is 0.271 e. The first-order valence-electron chi connectivity index (χ1n) is 9.54. The topological polar surface area (TPSA) is 105 Å². The normalized spacial score (nSPS) is 13.2. The van der Waals surface area contributed by atoms with Crippen LogP contribution in [0.4, 0.5) is 17.1 Å². The number of amides is 2. The zero-order valence-corrected chi connectivity index (χ0v) is 16.5. The van der Waals surface area contributed by atoms with Gasteiger partial charge in [-0.05, 0) is 43.9 Å². The largest absolute Gasteiger partial charge is 0.375 e. The number of hydrogen-bond acceptors (Lipinski definition) is 5. The molecule has 8 nitrogen and oxygen atoms in total. The fourth-order valence-electron chi connectivity index (χ4n) is 3.41. The molecule has 152 valence electrons. The van der Waals surface area contributed by atoms with Gasteiger partial charge in [-0.2, -0.15) is 0 Å². The lowest BCUT2D eigenvalue weighted by Crippen LogP contribution is -2.30. The number of benzene rings is 2. The maximum atomic E-state index is 12.9. The second kappa shape index (κ2) is 8.72. The number of rotatable bonds is 6. The summed E-state index contributed by atoms with van der Waals surface area (Å²) in [6.07, 6.45) is 2.01. The number of likely N-dealkylation sites (tertiary alicyclic amines) is 1. The first-order valence-corrected chi connectivity index (χ1v) is 9.54. The van der Waals surface area contributed by atoms with Crippen LogP contribution in [0.15, 0.2) is 36.4 Å². The van der Waals surface area contributed by atoms with Crippen LogP contribution in [0.2, 0.25) is 0 Å². The van der Waals surface area contributed by atoms with E-state index in [9.17, 15) is 19.7 Å². The highest BCUT2D eigenvalue weighted by atomic mass is 16.6. The highest BCUT2D eigenvalue weighted by Gasteiger charge is 2.23. The monoisotopic (exact) mass is 396 g/mol. The number of nitrogens with one attached hydrogen (secondary N) is 2. The Morgan fingerprint density at radius 1 is 1.07 bits per heavy atom. The lowest BCUT2D eigenvalue weighted by atomic mass is 10.0. The van der Waals surface area contributed by atoms with Crippen LogP contribution >= 0.6 is 0 Å². The number of anilines is 2. The van der Waals surface area contributed by atoms with Gasteiger partial charge in [0.2, 0.25) is 5.91 Å². The van der Waals surface area contributed by atoms with Crippen LogP contribution in [-0.4, -0.2) is 41.3 Å². The minimum atomic E-state index is -0.504. The van der Waals surface area contributed by atoms with E-state index in [-0.39, 0.29) is 24.0 Å². The quantitative estimate of drug-likeness (QED) is 0.574. The predicted octanol–water partition coefficient (Wildman–Crippen LogP) is 3.50. The third-order valence-electron chi connectivity index (χ3n) is 5.03. The van der Waals surface area contributed by atoms with Crippen LogP contribution in [0.25, 0.3) is 0 Å². The summed E-state index contributed by atoms with van der Waals surface area (Å²) in [4.78, 5) is 37.6. The Morgan fingerprint density at radius 2 is 1.79 bits per heavy atom. The number of carbonyl (C=O) groups is 2. The lowest BCUT2D eigenvalue weighted by molar-refractivity contribution is -0.384. The van der Waals surface area contributed by atoms with Crippen molar-refractivity contribution >= 4 is 28.9 Å². The molecule has 8 heteroatoms. The van der Waals surface area contributed by atoms with Crippen molar-refractivity contribution in [1.29, 1.82) is 0 Å². The molecule has 3 rings (SSSR count). The molecule has 1 aliphatic heterocycles. The first-order chi connectivity index (χ1) is 13.9. The molecule has 0 saturated carbocycles. The molecule has 1 aliphatic rings. The van der Waals surface area contributed by atoms with Gasteiger partial charge in [0.15, 0.2) is 0 Å². The van der Waals surface area contributed by atoms with Crippen LogP contribution in [0.1, 0.15) is 34.3 Å². The Labute approximate surface area is 169 Å². The molecule has 1 saturated heterocycles. The molecule has 0 bridgehead atoms. The Bertz CT molecular complexity index is 952. The molecule has 1 heterocycles. The Balaban J connectivity index is 1.71. The molecule has 0 spiro atoms. The van der Waals surface area contributed by atoms with Crippen molar-refractivity contribution in [1.82, 2.24) is 4.90 Å². The summed E-state index contributed by atoms with van der Waals surface area (Å²) in [6.45, 7) is 5.07. The van der Waals surface area contributed by atoms with Gasteiger partial charge >= 0.3 is 0 Å². The van der Waals surface area contributed by atoms with Gasteiger partial charge in [-0.1, -0.05) is 18.2 Å². The number of nitrogens with zero attached hydrogens (tertiary/aromatic N) is 2. The fraction of sp³-hybridized carbons (Fsp3) is 0.333. The Hall–Kier alpha value is -3.42. The van der Waals surface area contributed by atoms with E-state index in [1.807, 2.05) is 24.0 Å². The van der Waals surface area contributed by atoms with Crippen molar-refractivity contribution in [2.75, 3.05) is 30.3 Å². The van der Waals surface area contributed by atoms with Crippen molar-refractivity contribution in [3.8, 4) is 0 Å². The van der Waals surface area contributed by atoms with Gasteiger partial charge in [0.1, 0.15) is 0 Å². The number of nitro benzene ring substituents is 1. The summed E-state index contributed by atoms with van der Waals surface area (Å²) in [5, 5.41) is 16.7. The molecule has 0 aromatic heterocycles. The van der Waals surface area contributed by atoms with E-state index in [1.54, 1.807) is 19.1 Å². The zero-order valence-electron chi connectivity index (χ0n) is 16.5. The molecule has 1 fully saturated rings. The molecule has 0 atom stereocenters. The molecule has 2 aromatic rings. The first kappa shape index (κ1) is 20.3. The van der Waals surface area contributed by atoms with Crippen molar-refractivity contribution in [3.05, 3.63) is 63.2 Å². The zero-order chi connectivity index (χ0) is 21.0. The van der Waals surface area contributed by atoms with Gasteiger partial charge in [-0.3, -0.25) is 19.7 Å². The Morgan fingerprint density at radius 3 is 2.48 bits per heavy atom. The van der Waals surface area contributed by atoms with E-state index in [4.69, 9.17) is 0 Å². The number of carbonyl (C=O) groups excluding carboxylic acids is 2. The second-order valence-electron chi connectivity index (χ2n) is 7.15. The third kappa shape index (κ3) is 4.71. The van der Waals surface area contributed by atoms with E-state index in [0.29, 0.717) is 16.9 Å². The number of nitro groups is 1. The minimum Gasteiger partial charge on any atom is -0.375 e. The van der Waals surface area contributed by atoms with E-state index >= 15 is 0 Å². The summed E-state index contributed by atoms with van der Waals surface area (Å²) >= 11 is 0. The van der Waals surface area contributed by atoms with Crippen molar-refractivity contribution in [3.63, 3.8) is 0 Å². The summed E-state index contributed by atoms with van der Waals surface area (Å²) in [5.74, 6) is -0.382.